The van der Waals surface area contributed by atoms with Gasteiger partial charge < -0.3 is 10.8 Å². The van der Waals surface area contributed by atoms with Crippen molar-refractivity contribution in [3.8, 4) is 0 Å². The molecule has 15 heavy (non-hydrogen) atoms. The van der Waals surface area contributed by atoms with Crippen LogP contribution in [0.5, 0.6) is 0 Å². The van der Waals surface area contributed by atoms with E-state index in [1.807, 2.05) is 30.5 Å². The Kier molecular flexibility index (Phi) is 2.94. The molecule has 1 atom stereocenters. The molecular formula is C12H14N2O. The van der Waals surface area contributed by atoms with Gasteiger partial charge in [-0.05, 0) is 23.4 Å². The van der Waals surface area contributed by atoms with E-state index in [0.717, 1.165) is 16.3 Å². The third kappa shape index (κ3) is 1.98. The summed E-state index contributed by atoms with van der Waals surface area (Å²) < 4.78 is 0. The molecule has 78 valence electrons. The second-order valence-electron chi connectivity index (χ2n) is 3.56. The highest BCUT2D eigenvalue weighted by Crippen LogP contribution is 2.23. The highest BCUT2D eigenvalue weighted by atomic mass is 16.3. The first kappa shape index (κ1) is 10.1. The van der Waals surface area contributed by atoms with Gasteiger partial charge in [-0.1, -0.05) is 18.2 Å². The van der Waals surface area contributed by atoms with E-state index in [1.165, 1.54) is 0 Å². The van der Waals surface area contributed by atoms with Gasteiger partial charge in [0.05, 0.1) is 0 Å². The fraction of sp³-hybridized carbons (Fsp3) is 0.250. The average Bonchev–Trinajstić information content (AvgIpc) is 2.28. The predicted octanol–water partition coefficient (Wildman–Crippen LogP) is 1.62. The van der Waals surface area contributed by atoms with Crippen LogP contribution in [0.3, 0.4) is 0 Å². The summed E-state index contributed by atoms with van der Waals surface area (Å²) >= 11 is 0. The topological polar surface area (TPSA) is 59.1 Å². The van der Waals surface area contributed by atoms with Crippen LogP contribution in [-0.4, -0.2) is 16.7 Å². The predicted molar refractivity (Wildman–Crippen MR) is 60.4 cm³/mol. The standard InChI is InChI=1S/C12H14N2O/c13-12(5-7-15)10-3-1-2-9-4-6-14-8-11(9)10/h1-4,6,8,12,15H,5,7,13H2. The van der Waals surface area contributed by atoms with Gasteiger partial charge in [-0.2, -0.15) is 0 Å². The maximum atomic E-state index is 8.87. The third-order valence-corrected chi connectivity index (χ3v) is 2.56. The van der Waals surface area contributed by atoms with Crippen LogP contribution in [0, 0.1) is 0 Å². The van der Waals surface area contributed by atoms with Gasteiger partial charge in [-0.3, -0.25) is 4.98 Å². The monoisotopic (exact) mass is 202 g/mol. The van der Waals surface area contributed by atoms with Crippen LogP contribution in [0.1, 0.15) is 18.0 Å². The van der Waals surface area contributed by atoms with E-state index < -0.39 is 0 Å². The molecule has 0 spiro atoms. The molecule has 1 aromatic heterocycles. The maximum absolute atomic E-state index is 8.87. The maximum Gasteiger partial charge on any atom is 0.0449 e. The van der Waals surface area contributed by atoms with E-state index in [9.17, 15) is 0 Å². The zero-order valence-corrected chi connectivity index (χ0v) is 8.43. The molecule has 0 bridgehead atoms. The molecule has 0 aliphatic heterocycles. The summed E-state index contributed by atoms with van der Waals surface area (Å²) in [5.41, 5.74) is 7.03. The summed E-state index contributed by atoms with van der Waals surface area (Å²) in [5.74, 6) is 0. The van der Waals surface area contributed by atoms with Crippen molar-refractivity contribution < 1.29 is 5.11 Å². The summed E-state index contributed by atoms with van der Waals surface area (Å²) in [6.07, 6.45) is 4.17. The van der Waals surface area contributed by atoms with Gasteiger partial charge in [0.1, 0.15) is 0 Å². The molecule has 0 saturated carbocycles. The molecular weight excluding hydrogens is 188 g/mol. The van der Waals surface area contributed by atoms with Crippen molar-refractivity contribution >= 4 is 10.8 Å². The zero-order chi connectivity index (χ0) is 10.7. The molecule has 2 rings (SSSR count). The normalized spacial score (nSPS) is 12.9. The van der Waals surface area contributed by atoms with Crippen LogP contribution in [-0.2, 0) is 0 Å². The van der Waals surface area contributed by atoms with Gasteiger partial charge in [0.25, 0.3) is 0 Å². The Morgan fingerprint density at radius 1 is 1.33 bits per heavy atom. The summed E-state index contributed by atoms with van der Waals surface area (Å²) in [5, 5.41) is 11.1. The Hall–Kier alpha value is -1.45. The van der Waals surface area contributed by atoms with E-state index in [-0.39, 0.29) is 12.6 Å². The minimum absolute atomic E-state index is 0.109. The Morgan fingerprint density at radius 3 is 3.00 bits per heavy atom. The quantitative estimate of drug-likeness (QED) is 0.795. The number of hydrogen-bond acceptors (Lipinski definition) is 3. The van der Waals surface area contributed by atoms with Crippen LogP contribution in [0.25, 0.3) is 10.8 Å². The van der Waals surface area contributed by atoms with E-state index in [2.05, 4.69) is 4.98 Å². The first-order valence-electron chi connectivity index (χ1n) is 5.02. The van der Waals surface area contributed by atoms with Crippen LogP contribution in [0.15, 0.2) is 36.7 Å². The highest BCUT2D eigenvalue weighted by Gasteiger charge is 2.08. The lowest BCUT2D eigenvalue weighted by Crippen LogP contribution is -2.12. The average molecular weight is 202 g/mol. The molecule has 0 aliphatic carbocycles. The zero-order valence-electron chi connectivity index (χ0n) is 8.43. The summed E-state index contributed by atoms with van der Waals surface area (Å²) in [7, 11) is 0. The first-order chi connectivity index (χ1) is 7.33. The van der Waals surface area contributed by atoms with E-state index in [4.69, 9.17) is 10.8 Å². The molecule has 3 nitrogen and oxygen atoms in total. The fourth-order valence-corrected chi connectivity index (χ4v) is 1.75. The van der Waals surface area contributed by atoms with Crippen LogP contribution in [0.4, 0.5) is 0 Å². The van der Waals surface area contributed by atoms with Gasteiger partial charge in [0.15, 0.2) is 0 Å². The molecule has 0 fully saturated rings. The van der Waals surface area contributed by atoms with Crippen molar-refractivity contribution in [2.24, 2.45) is 5.73 Å². The number of aliphatic hydroxyl groups excluding tert-OH is 1. The molecule has 1 aromatic carbocycles. The lowest BCUT2D eigenvalue weighted by Gasteiger charge is -2.12. The van der Waals surface area contributed by atoms with Gasteiger partial charge >= 0.3 is 0 Å². The lowest BCUT2D eigenvalue weighted by molar-refractivity contribution is 0.277. The third-order valence-electron chi connectivity index (χ3n) is 2.56. The fourth-order valence-electron chi connectivity index (χ4n) is 1.75. The second kappa shape index (κ2) is 4.38. The Morgan fingerprint density at radius 2 is 2.20 bits per heavy atom. The van der Waals surface area contributed by atoms with Crippen LogP contribution >= 0.6 is 0 Å². The highest BCUT2D eigenvalue weighted by molar-refractivity contribution is 5.85. The first-order valence-corrected chi connectivity index (χ1v) is 5.02. The van der Waals surface area contributed by atoms with Crippen molar-refractivity contribution in [2.45, 2.75) is 12.5 Å². The Bertz CT molecular complexity index is 451. The molecule has 3 heteroatoms. The number of hydrogen-bond donors (Lipinski definition) is 2. The SMILES string of the molecule is NC(CCO)c1cccc2ccncc12. The smallest absolute Gasteiger partial charge is 0.0449 e. The van der Waals surface area contributed by atoms with Gasteiger partial charge in [-0.15, -0.1) is 0 Å². The minimum Gasteiger partial charge on any atom is -0.396 e. The van der Waals surface area contributed by atoms with E-state index in [1.54, 1.807) is 6.20 Å². The largest absolute Gasteiger partial charge is 0.396 e. The second-order valence-corrected chi connectivity index (χ2v) is 3.56. The molecule has 0 aliphatic rings. The molecule has 1 unspecified atom stereocenters. The van der Waals surface area contributed by atoms with Crippen molar-refractivity contribution in [3.05, 3.63) is 42.2 Å². The Labute approximate surface area is 88.6 Å². The van der Waals surface area contributed by atoms with Crippen LogP contribution in [0.2, 0.25) is 0 Å². The van der Waals surface area contributed by atoms with Crippen LogP contribution < -0.4 is 5.73 Å². The lowest BCUT2D eigenvalue weighted by atomic mass is 9.99. The molecule has 1 heterocycles. The van der Waals surface area contributed by atoms with Crippen molar-refractivity contribution in [2.75, 3.05) is 6.61 Å². The molecule has 3 N–H and O–H groups in total. The number of aromatic nitrogens is 1. The Balaban J connectivity index is 2.50. The van der Waals surface area contributed by atoms with Gasteiger partial charge in [-0.25, -0.2) is 0 Å². The summed E-state index contributed by atoms with van der Waals surface area (Å²) in [6, 6.07) is 7.85. The minimum atomic E-state index is -0.122. The number of fused-ring (bicyclic) bond motifs is 1. The van der Waals surface area contributed by atoms with Crippen molar-refractivity contribution in [1.29, 1.82) is 0 Å². The summed E-state index contributed by atoms with van der Waals surface area (Å²) in [4.78, 5) is 4.10. The molecule has 2 aromatic rings. The number of rotatable bonds is 3. The number of aliphatic hydroxyl groups is 1. The number of benzene rings is 1. The van der Waals surface area contributed by atoms with Gasteiger partial charge in [0, 0.05) is 30.4 Å². The van der Waals surface area contributed by atoms with Crippen molar-refractivity contribution in [3.63, 3.8) is 0 Å². The molecule has 0 saturated heterocycles. The van der Waals surface area contributed by atoms with E-state index in [0.29, 0.717) is 6.42 Å². The van der Waals surface area contributed by atoms with Crippen molar-refractivity contribution in [1.82, 2.24) is 4.98 Å². The molecule has 0 radical (unpaired) electrons. The molecule has 0 amide bonds. The number of nitrogens with two attached hydrogens (primary N) is 1. The number of pyridine rings is 1. The van der Waals surface area contributed by atoms with E-state index >= 15 is 0 Å². The summed E-state index contributed by atoms with van der Waals surface area (Å²) in [6.45, 7) is 0.109. The number of nitrogens with zero attached hydrogens (tertiary/aromatic N) is 1. The van der Waals surface area contributed by atoms with Gasteiger partial charge in [0.2, 0.25) is 0 Å².